The van der Waals surface area contributed by atoms with E-state index in [1.165, 1.54) is 6.07 Å². The standard InChI is InChI=1S/C14H11BrClNO2/c15-10-3-6-13(18)12(7-10)14(19)17-8-9-1-4-11(16)5-2-9/h1-7,18H,8H2,(H,17,19). The van der Waals surface area contributed by atoms with Gasteiger partial charge in [0.1, 0.15) is 5.75 Å². The van der Waals surface area contributed by atoms with Gasteiger partial charge in [0.05, 0.1) is 5.56 Å². The average Bonchev–Trinajstić information content (AvgIpc) is 2.40. The average molecular weight is 341 g/mol. The van der Waals surface area contributed by atoms with Gasteiger partial charge in [-0.05, 0) is 35.9 Å². The monoisotopic (exact) mass is 339 g/mol. The lowest BCUT2D eigenvalue weighted by Crippen LogP contribution is -2.22. The molecule has 0 saturated carbocycles. The molecule has 2 aromatic rings. The Bertz CT molecular complexity index is 599. The summed E-state index contributed by atoms with van der Waals surface area (Å²) in [4.78, 5) is 11.9. The minimum absolute atomic E-state index is 0.0446. The Kier molecular flexibility index (Phi) is 4.45. The van der Waals surface area contributed by atoms with Crippen LogP contribution in [0.2, 0.25) is 5.02 Å². The van der Waals surface area contributed by atoms with Gasteiger partial charge in [0.2, 0.25) is 0 Å². The van der Waals surface area contributed by atoms with E-state index in [9.17, 15) is 9.90 Å². The van der Waals surface area contributed by atoms with Gasteiger partial charge in [-0.1, -0.05) is 39.7 Å². The minimum Gasteiger partial charge on any atom is -0.507 e. The van der Waals surface area contributed by atoms with Crippen molar-refractivity contribution in [3.05, 3.63) is 63.1 Å². The summed E-state index contributed by atoms with van der Waals surface area (Å²) in [5, 5.41) is 13.0. The first-order chi connectivity index (χ1) is 9.06. The summed E-state index contributed by atoms with van der Waals surface area (Å²) < 4.78 is 0.738. The summed E-state index contributed by atoms with van der Waals surface area (Å²) in [6.07, 6.45) is 0. The van der Waals surface area contributed by atoms with Gasteiger partial charge in [-0.25, -0.2) is 0 Å². The quantitative estimate of drug-likeness (QED) is 0.894. The molecule has 19 heavy (non-hydrogen) atoms. The van der Waals surface area contributed by atoms with Crippen molar-refractivity contribution < 1.29 is 9.90 Å². The number of rotatable bonds is 3. The summed E-state index contributed by atoms with van der Waals surface area (Å²) in [6.45, 7) is 0.377. The van der Waals surface area contributed by atoms with Crippen LogP contribution in [0.15, 0.2) is 46.9 Å². The molecular formula is C14H11BrClNO2. The number of carbonyl (C=O) groups excluding carboxylic acids is 1. The van der Waals surface area contributed by atoms with E-state index in [2.05, 4.69) is 21.2 Å². The highest BCUT2D eigenvalue weighted by atomic mass is 79.9. The molecule has 0 bridgehead atoms. The maximum Gasteiger partial charge on any atom is 0.255 e. The van der Waals surface area contributed by atoms with Gasteiger partial charge in [-0.3, -0.25) is 4.79 Å². The molecule has 0 aromatic heterocycles. The topological polar surface area (TPSA) is 49.3 Å². The first-order valence-corrected chi connectivity index (χ1v) is 6.74. The predicted octanol–water partition coefficient (Wildman–Crippen LogP) is 3.74. The first kappa shape index (κ1) is 13.9. The van der Waals surface area contributed by atoms with Crippen molar-refractivity contribution in [3.8, 4) is 5.75 Å². The lowest BCUT2D eigenvalue weighted by atomic mass is 10.1. The molecule has 0 aliphatic rings. The number of nitrogens with one attached hydrogen (secondary N) is 1. The number of halogens is 2. The third-order valence-electron chi connectivity index (χ3n) is 2.57. The second kappa shape index (κ2) is 6.08. The first-order valence-electron chi connectivity index (χ1n) is 5.57. The van der Waals surface area contributed by atoms with Crippen LogP contribution in [0.1, 0.15) is 15.9 Å². The van der Waals surface area contributed by atoms with E-state index in [-0.39, 0.29) is 17.2 Å². The van der Waals surface area contributed by atoms with Crippen molar-refractivity contribution in [2.45, 2.75) is 6.54 Å². The van der Waals surface area contributed by atoms with Gasteiger partial charge in [-0.2, -0.15) is 0 Å². The third kappa shape index (κ3) is 3.72. The Balaban J connectivity index is 2.05. The molecular weight excluding hydrogens is 330 g/mol. The van der Waals surface area contributed by atoms with Gasteiger partial charge in [0.15, 0.2) is 0 Å². The highest BCUT2D eigenvalue weighted by Gasteiger charge is 2.11. The van der Waals surface area contributed by atoms with Crippen LogP contribution in [0.4, 0.5) is 0 Å². The van der Waals surface area contributed by atoms with E-state index in [0.29, 0.717) is 11.6 Å². The van der Waals surface area contributed by atoms with Crippen LogP contribution in [-0.4, -0.2) is 11.0 Å². The minimum atomic E-state index is -0.325. The summed E-state index contributed by atoms with van der Waals surface area (Å²) in [5.74, 6) is -0.370. The molecule has 0 atom stereocenters. The molecule has 0 spiro atoms. The molecule has 98 valence electrons. The molecule has 2 N–H and O–H groups in total. The highest BCUT2D eigenvalue weighted by molar-refractivity contribution is 9.10. The van der Waals surface area contributed by atoms with Crippen molar-refractivity contribution in [1.29, 1.82) is 0 Å². The highest BCUT2D eigenvalue weighted by Crippen LogP contribution is 2.21. The van der Waals surface area contributed by atoms with Crippen LogP contribution in [0.3, 0.4) is 0 Å². The fraction of sp³-hybridized carbons (Fsp3) is 0.0714. The molecule has 2 aromatic carbocycles. The van der Waals surface area contributed by atoms with Crippen LogP contribution in [0.25, 0.3) is 0 Å². The van der Waals surface area contributed by atoms with Crippen molar-refractivity contribution in [3.63, 3.8) is 0 Å². The third-order valence-corrected chi connectivity index (χ3v) is 3.31. The molecule has 0 saturated heterocycles. The zero-order valence-corrected chi connectivity index (χ0v) is 12.2. The smallest absolute Gasteiger partial charge is 0.255 e. The maximum absolute atomic E-state index is 11.9. The van der Waals surface area contributed by atoms with Crippen LogP contribution < -0.4 is 5.32 Å². The van der Waals surface area contributed by atoms with E-state index >= 15 is 0 Å². The van der Waals surface area contributed by atoms with Gasteiger partial charge in [0.25, 0.3) is 5.91 Å². The fourth-order valence-electron chi connectivity index (χ4n) is 1.57. The molecule has 5 heteroatoms. The lowest BCUT2D eigenvalue weighted by Gasteiger charge is -2.07. The summed E-state index contributed by atoms with van der Waals surface area (Å²) in [7, 11) is 0. The SMILES string of the molecule is O=C(NCc1ccc(Cl)cc1)c1cc(Br)ccc1O. The Morgan fingerprint density at radius 3 is 2.58 bits per heavy atom. The Labute approximate surface area is 124 Å². The van der Waals surface area contributed by atoms with E-state index < -0.39 is 0 Å². The number of amides is 1. The second-order valence-corrected chi connectivity index (χ2v) is 5.32. The van der Waals surface area contributed by atoms with Gasteiger partial charge in [-0.15, -0.1) is 0 Å². The molecule has 2 rings (SSSR count). The zero-order valence-electron chi connectivity index (χ0n) is 9.86. The lowest BCUT2D eigenvalue weighted by molar-refractivity contribution is 0.0948. The van der Waals surface area contributed by atoms with E-state index in [4.69, 9.17) is 11.6 Å². The number of aromatic hydroxyl groups is 1. The van der Waals surface area contributed by atoms with E-state index in [0.717, 1.165) is 10.0 Å². The Morgan fingerprint density at radius 1 is 1.21 bits per heavy atom. The molecule has 0 heterocycles. The van der Waals surface area contributed by atoms with Gasteiger partial charge in [0, 0.05) is 16.0 Å². The number of carbonyl (C=O) groups is 1. The predicted molar refractivity (Wildman–Crippen MR) is 78.4 cm³/mol. The van der Waals surface area contributed by atoms with Crippen molar-refractivity contribution >= 4 is 33.4 Å². The molecule has 3 nitrogen and oxygen atoms in total. The van der Waals surface area contributed by atoms with Crippen molar-refractivity contribution in [2.24, 2.45) is 0 Å². The van der Waals surface area contributed by atoms with Crippen LogP contribution in [-0.2, 0) is 6.54 Å². The molecule has 0 unspecified atom stereocenters. The van der Waals surface area contributed by atoms with Crippen molar-refractivity contribution in [1.82, 2.24) is 5.32 Å². The normalized spacial score (nSPS) is 10.2. The van der Waals surface area contributed by atoms with Crippen LogP contribution in [0.5, 0.6) is 5.75 Å². The Morgan fingerprint density at radius 2 is 1.89 bits per heavy atom. The fourth-order valence-corrected chi connectivity index (χ4v) is 2.06. The molecule has 0 radical (unpaired) electrons. The Hall–Kier alpha value is -1.52. The number of benzene rings is 2. The summed E-state index contributed by atoms with van der Waals surface area (Å²) in [6, 6.07) is 11.9. The summed E-state index contributed by atoms with van der Waals surface area (Å²) >= 11 is 9.05. The van der Waals surface area contributed by atoms with Gasteiger partial charge >= 0.3 is 0 Å². The largest absolute Gasteiger partial charge is 0.507 e. The molecule has 0 fully saturated rings. The molecule has 0 aliphatic carbocycles. The number of hydrogen-bond donors (Lipinski definition) is 2. The number of phenolic OH excluding ortho intramolecular Hbond substituents is 1. The number of hydrogen-bond acceptors (Lipinski definition) is 2. The molecule has 0 aliphatic heterocycles. The van der Waals surface area contributed by atoms with Gasteiger partial charge < -0.3 is 10.4 Å². The van der Waals surface area contributed by atoms with Crippen LogP contribution in [0, 0.1) is 0 Å². The second-order valence-electron chi connectivity index (χ2n) is 3.97. The van der Waals surface area contributed by atoms with Crippen molar-refractivity contribution in [2.75, 3.05) is 0 Å². The van der Waals surface area contributed by atoms with E-state index in [1.54, 1.807) is 24.3 Å². The number of phenols is 1. The summed E-state index contributed by atoms with van der Waals surface area (Å²) in [5.41, 5.74) is 1.18. The van der Waals surface area contributed by atoms with E-state index in [1.807, 2.05) is 12.1 Å². The maximum atomic E-state index is 11.9. The zero-order chi connectivity index (χ0) is 13.8. The van der Waals surface area contributed by atoms with Crippen LogP contribution >= 0.6 is 27.5 Å². The molecule has 1 amide bonds.